The fourth-order valence-corrected chi connectivity index (χ4v) is 1.77. The lowest BCUT2D eigenvalue weighted by molar-refractivity contribution is -0.137. The fraction of sp³-hybridized carbons (Fsp3) is 0.467. The highest BCUT2D eigenvalue weighted by molar-refractivity contribution is 5.58. The van der Waals surface area contributed by atoms with E-state index in [0.29, 0.717) is 0 Å². The normalized spacial score (nSPS) is 14.5. The van der Waals surface area contributed by atoms with Gasteiger partial charge in [0.05, 0.1) is 5.56 Å². The van der Waals surface area contributed by atoms with Gasteiger partial charge in [0.15, 0.2) is 0 Å². The summed E-state index contributed by atoms with van der Waals surface area (Å²) in [6, 6.07) is 5.72. The molecule has 0 aliphatic heterocycles. The van der Waals surface area contributed by atoms with Crippen LogP contribution in [0.3, 0.4) is 0 Å². The lowest BCUT2D eigenvalue weighted by Gasteiger charge is -2.15. The van der Waals surface area contributed by atoms with Crippen molar-refractivity contribution in [1.82, 2.24) is 5.32 Å². The first-order valence-electron chi connectivity index (χ1n) is 6.44. The van der Waals surface area contributed by atoms with Crippen LogP contribution in [0.1, 0.15) is 38.3 Å². The van der Waals surface area contributed by atoms with E-state index in [2.05, 4.69) is 12.2 Å². The third kappa shape index (κ3) is 4.71. The number of alkyl halides is 3. The van der Waals surface area contributed by atoms with Gasteiger partial charge >= 0.3 is 6.18 Å². The van der Waals surface area contributed by atoms with Gasteiger partial charge in [-0.3, -0.25) is 0 Å². The van der Waals surface area contributed by atoms with Gasteiger partial charge < -0.3 is 5.32 Å². The van der Waals surface area contributed by atoms with E-state index in [1.165, 1.54) is 12.1 Å². The summed E-state index contributed by atoms with van der Waals surface area (Å²) < 4.78 is 38.6. The van der Waals surface area contributed by atoms with Gasteiger partial charge in [0.25, 0.3) is 0 Å². The summed E-state index contributed by atoms with van der Waals surface area (Å²) in [7, 11) is 0. The standard InChI is InChI=1S/C15H20F3N/c1-4-9-19-12(3)11(2)10-13-7-5-6-8-14(13)15(16,17)18/h5-8,10,12,19H,4,9H2,1-3H3/b11-10+. The van der Waals surface area contributed by atoms with E-state index in [4.69, 9.17) is 0 Å². The van der Waals surface area contributed by atoms with E-state index < -0.39 is 11.7 Å². The average Bonchev–Trinajstić information content (AvgIpc) is 2.35. The van der Waals surface area contributed by atoms with Crippen molar-refractivity contribution < 1.29 is 13.2 Å². The van der Waals surface area contributed by atoms with Crippen LogP contribution in [-0.2, 0) is 6.18 Å². The monoisotopic (exact) mass is 271 g/mol. The third-order valence-corrected chi connectivity index (χ3v) is 3.03. The summed E-state index contributed by atoms with van der Waals surface area (Å²) in [6.07, 6.45) is -1.71. The molecule has 0 saturated carbocycles. The minimum atomic E-state index is -4.31. The molecule has 1 aromatic carbocycles. The van der Waals surface area contributed by atoms with Gasteiger partial charge in [0.1, 0.15) is 0 Å². The molecule has 1 unspecified atom stereocenters. The van der Waals surface area contributed by atoms with Crippen molar-refractivity contribution in [2.24, 2.45) is 0 Å². The molecule has 4 heteroatoms. The van der Waals surface area contributed by atoms with Gasteiger partial charge in [0, 0.05) is 6.04 Å². The number of rotatable bonds is 5. The number of hydrogen-bond donors (Lipinski definition) is 1. The zero-order valence-electron chi connectivity index (χ0n) is 11.5. The zero-order valence-corrected chi connectivity index (χ0v) is 11.5. The molecule has 1 aromatic rings. The van der Waals surface area contributed by atoms with E-state index in [-0.39, 0.29) is 11.6 Å². The maximum Gasteiger partial charge on any atom is 0.416 e. The summed E-state index contributed by atoms with van der Waals surface area (Å²) in [4.78, 5) is 0. The molecule has 0 heterocycles. The molecule has 0 fully saturated rings. The van der Waals surface area contributed by atoms with Crippen LogP contribution in [0.15, 0.2) is 29.8 Å². The second-order valence-corrected chi connectivity index (χ2v) is 4.65. The van der Waals surface area contributed by atoms with Crippen LogP contribution in [-0.4, -0.2) is 12.6 Å². The van der Waals surface area contributed by atoms with Crippen molar-refractivity contribution in [2.45, 2.75) is 39.4 Å². The first-order chi connectivity index (χ1) is 8.86. The highest BCUT2D eigenvalue weighted by atomic mass is 19.4. The Kier molecular flexibility index (Phi) is 5.60. The molecule has 0 spiro atoms. The van der Waals surface area contributed by atoms with Gasteiger partial charge in [-0.05, 0) is 38.4 Å². The molecule has 1 N–H and O–H groups in total. The lowest BCUT2D eigenvalue weighted by Crippen LogP contribution is -2.27. The van der Waals surface area contributed by atoms with Crippen LogP contribution >= 0.6 is 0 Å². The Balaban J connectivity index is 2.98. The molecule has 106 valence electrons. The molecule has 0 bridgehead atoms. The van der Waals surface area contributed by atoms with Gasteiger partial charge in [0.2, 0.25) is 0 Å². The Bertz CT molecular complexity index is 435. The molecule has 0 aliphatic carbocycles. The SMILES string of the molecule is CCCNC(C)/C(C)=C/c1ccccc1C(F)(F)F. The highest BCUT2D eigenvalue weighted by Gasteiger charge is 2.32. The molecule has 19 heavy (non-hydrogen) atoms. The van der Waals surface area contributed by atoms with Crippen LogP contribution in [0.2, 0.25) is 0 Å². The van der Waals surface area contributed by atoms with E-state index in [1.807, 2.05) is 13.8 Å². The lowest BCUT2D eigenvalue weighted by atomic mass is 10.0. The van der Waals surface area contributed by atoms with E-state index in [9.17, 15) is 13.2 Å². The molecule has 0 aromatic heterocycles. The van der Waals surface area contributed by atoms with E-state index >= 15 is 0 Å². The molecule has 1 rings (SSSR count). The third-order valence-electron chi connectivity index (χ3n) is 3.03. The van der Waals surface area contributed by atoms with Crippen molar-refractivity contribution in [3.63, 3.8) is 0 Å². The van der Waals surface area contributed by atoms with Gasteiger partial charge in [-0.1, -0.05) is 36.8 Å². The van der Waals surface area contributed by atoms with Crippen LogP contribution in [0.25, 0.3) is 6.08 Å². The number of hydrogen-bond acceptors (Lipinski definition) is 1. The molecule has 0 radical (unpaired) electrons. The largest absolute Gasteiger partial charge is 0.416 e. The van der Waals surface area contributed by atoms with Crippen LogP contribution in [0.4, 0.5) is 13.2 Å². The van der Waals surface area contributed by atoms with E-state index in [1.54, 1.807) is 12.1 Å². The topological polar surface area (TPSA) is 12.0 Å². The Hall–Kier alpha value is -1.29. The fourth-order valence-electron chi connectivity index (χ4n) is 1.77. The zero-order chi connectivity index (χ0) is 14.5. The average molecular weight is 271 g/mol. The molecule has 0 amide bonds. The van der Waals surface area contributed by atoms with Gasteiger partial charge in [-0.15, -0.1) is 0 Å². The Morgan fingerprint density at radius 1 is 1.32 bits per heavy atom. The minimum Gasteiger partial charge on any atom is -0.311 e. The highest BCUT2D eigenvalue weighted by Crippen LogP contribution is 2.32. The van der Waals surface area contributed by atoms with Crippen LogP contribution < -0.4 is 5.32 Å². The van der Waals surface area contributed by atoms with Crippen molar-refractivity contribution in [3.8, 4) is 0 Å². The second kappa shape index (κ2) is 6.75. The van der Waals surface area contributed by atoms with Crippen molar-refractivity contribution in [3.05, 3.63) is 41.0 Å². The second-order valence-electron chi connectivity index (χ2n) is 4.65. The number of nitrogens with one attached hydrogen (secondary N) is 1. The first kappa shape index (κ1) is 15.8. The number of benzene rings is 1. The summed E-state index contributed by atoms with van der Waals surface area (Å²) in [6.45, 7) is 6.71. The summed E-state index contributed by atoms with van der Waals surface area (Å²) in [5, 5.41) is 3.26. The summed E-state index contributed by atoms with van der Waals surface area (Å²) in [5.41, 5.74) is 0.528. The van der Waals surface area contributed by atoms with Crippen LogP contribution in [0.5, 0.6) is 0 Å². The smallest absolute Gasteiger partial charge is 0.311 e. The first-order valence-corrected chi connectivity index (χ1v) is 6.44. The Labute approximate surface area is 112 Å². The van der Waals surface area contributed by atoms with E-state index in [0.717, 1.165) is 24.6 Å². The maximum atomic E-state index is 12.9. The molecular formula is C15H20F3N. The van der Waals surface area contributed by atoms with Crippen LogP contribution in [0, 0.1) is 0 Å². The molecular weight excluding hydrogens is 251 g/mol. The van der Waals surface area contributed by atoms with Crippen molar-refractivity contribution in [1.29, 1.82) is 0 Å². The molecule has 0 saturated heterocycles. The predicted octanol–water partition coefficient (Wildman–Crippen LogP) is 4.50. The maximum absolute atomic E-state index is 12.9. The summed E-state index contributed by atoms with van der Waals surface area (Å²) in [5.74, 6) is 0. The number of halogens is 3. The van der Waals surface area contributed by atoms with Crippen molar-refractivity contribution >= 4 is 6.08 Å². The Morgan fingerprint density at radius 2 is 1.95 bits per heavy atom. The predicted molar refractivity (Wildman–Crippen MR) is 72.9 cm³/mol. The minimum absolute atomic E-state index is 0.0706. The quantitative estimate of drug-likeness (QED) is 0.831. The molecule has 1 atom stereocenters. The molecule has 0 aliphatic rings. The molecule has 1 nitrogen and oxygen atoms in total. The van der Waals surface area contributed by atoms with Crippen molar-refractivity contribution in [2.75, 3.05) is 6.54 Å². The van der Waals surface area contributed by atoms with Gasteiger partial charge in [-0.2, -0.15) is 13.2 Å². The Morgan fingerprint density at radius 3 is 2.53 bits per heavy atom. The van der Waals surface area contributed by atoms with Gasteiger partial charge in [-0.25, -0.2) is 0 Å². The summed E-state index contributed by atoms with van der Waals surface area (Å²) >= 11 is 0.